The molecule has 0 unspecified atom stereocenters. The summed E-state index contributed by atoms with van der Waals surface area (Å²) in [6.07, 6.45) is 7.95. The minimum absolute atomic E-state index is 0.211. The maximum atomic E-state index is 12.6. The maximum absolute atomic E-state index is 12.6. The molecule has 1 aromatic heterocycles. The minimum atomic E-state index is -0.273. The highest BCUT2D eigenvalue weighted by molar-refractivity contribution is 6.00. The molecule has 0 atom stereocenters. The van der Waals surface area contributed by atoms with Crippen molar-refractivity contribution in [2.45, 2.75) is 50.9 Å². The largest absolute Gasteiger partial charge is 0.497 e. The molecule has 1 heterocycles. The number of carbonyl (C=O) groups excluding carboxylic acids is 1. The van der Waals surface area contributed by atoms with Crippen molar-refractivity contribution in [1.29, 1.82) is 0 Å². The summed E-state index contributed by atoms with van der Waals surface area (Å²) < 4.78 is 5.17. The molecule has 0 radical (unpaired) electrons. The number of aromatic nitrogens is 2. The zero-order valence-electron chi connectivity index (χ0n) is 17.1. The summed E-state index contributed by atoms with van der Waals surface area (Å²) in [5.74, 6) is 3.10. The van der Waals surface area contributed by atoms with Crippen LogP contribution in [0, 0.1) is 17.8 Å². The van der Waals surface area contributed by atoms with Crippen LogP contribution in [0.5, 0.6) is 5.75 Å². The summed E-state index contributed by atoms with van der Waals surface area (Å²) in [4.78, 5) is 12.6. The van der Waals surface area contributed by atoms with Crippen molar-refractivity contribution in [2.24, 2.45) is 22.9 Å². The molecule has 0 saturated heterocycles. The number of nitrogens with one attached hydrogen (secondary N) is 2. The van der Waals surface area contributed by atoms with Crippen molar-refractivity contribution in [3.8, 4) is 5.75 Å². The number of rotatable bonds is 5. The Morgan fingerprint density at radius 2 is 1.76 bits per heavy atom. The fraction of sp³-hybridized carbons (Fsp3) is 0.522. The number of hydrogen-bond acceptors (Lipinski definition) is 4. The van der Waals surface area contributed by atoms with Crippen molar-refractivity contribution in [1.82, 2.24) is 15.6 Å². The SMILES string of the molecule is COc1ccc(/C(C)=N\NC(=O)c2cc(C34CC5CC(CC(C5)C3)C4)[nH]n2)cc1. The smallest absolute Gasteiger partial charge is 0.291 e. The summed E-state index contributed by atoms with van der Waals surface area (Å²) in [7, 11) is 1.64. The van der Waals surface area contributed by atoms with Crippen LogP contribution < -0.4 is 10.2 Å². The van der Waals surface area contributed by atoms with Gasteiger partial charge < -0.3 is 4.74 Å². The predicted octanol–water partition coefficient (Wildman–Crippen LogP) is 4.04. The molecule has 29 heavy (non-hydrogen) atoms. The standard InChI is InChI=1S/C23H28N4O2/c1-14(18-3-5-19(29-2)6-4-18)24-27-22(28)20-10-21(26-25-20)23-11-15-7-16(12-23)9-17(8-15)13-23/h3-6,10,15-17H,7-9,11-13H2,1-2H3,(H,25,26)(H,27,28)/b24-14-. The van der Waals surface area contributed by atoms with Gasteiger partial charge in [-0.1, -0.05) is 0 Å². The second-order valence-electron chi connectivity index (χ2n) is 9.23. The van der Waals surface area contributed by atoms with Crippen LogP contribution in [0.15, 0.2) is 35.4 Å². The maximum Gasteiger partial charge on any atom is 0.291 e. The first-order valence-electron chi connectivity index (χ1n) is 10.6. The van der Waals surface area contributed by atoms with Crippen molar-refractivity contribution in [3.63, 3.8) is 0 Å². The second kappa shape index (κ2) is 7.01. The number of nitrogens with zero attached hydrogens (tertiary/aromatic N) is 2. The third-order valence-electron chi connectivity index (χ3n) is 7.25. The number of methoxy groups -OCH3 is 1. The summed E-state index contributed by atoms with van der Waals surface area (Å²) in [6, 6.07) is 9.55. The van der Waals surface area contributed by atoms with Gasteiger partial charge in [-0.2, -0.15) is 10.2 Å². The van der Waals surface area contributed by atoms with E-state index in [1.165, 1.54) is 38.5 Å². The summed E-state index contributed by atoms with van der Waals surface area (Å²) in [6.45, 7) is 1.87. The first kappa shape index (κ1) is 18.4. The predicted molar refractivity (Wildman–Crippen MR) is 111 cm³/mol. The van der Waals surface area contributed by atoms with E-state index >= 15 is 0 Å². The molecule has 1 aromatic carbocycles. The van der Waals surface area contributed by atoms with Crippen molar-refractivity contribution >= 4 is 11.6 Å². The van der Waals surface area contributed by atoms with Crippen LogP contribution in [0.4, 0.5) is 0 Å². The Hall–Kier alpha value is -2.63. The fourth-order valence-corrected chi connectivity index (χ4v) is 6.24. The quantitative estimate of drug-likeness (QED) is 0.595. The number of hydrogen-bond donors (Lipinski definition) is 2. The first-order valence-corrected chi connectivity index (χ1v) is 10.6. The Balaban J connectivity index is 1.28. The molecular formula is C23H28N4O2. The van der Waals surface area contributed by atoms with E-state index in [4.69, 9.17) is 4.74 Å². The van der Waals surface area contributed by atoms with Gasteiger partial charge in [0.2, 0.25) is 0 Å². The molecule has 152 valence electrons. The topological polar surface area (TPSA) is 79.4 Å². The summed E-state index contributed by atoms with van der Waals surface area (Å²) in [5.41, 5.74) is 6.10. The Labute approximate surface area is 171 Å². The average molecular weight is 393 g/mol. The molecule has 2 N–H and O–H groups in total. The lowest BCUT2D eigenvalue weighted by Crippen LogP contribution is -2.48. The summed E-state index contributed by atoms with van der Waals surface area (Å²) in [5, 5.41) is 11.8. The Bertz CT molecular complexity index is 909. The van der Waals surface area contributed by atoms with Gasteiger partial charge in [-0.05, 0) is 99.1 Å². The zero-order valence-corrected chi connectivity index (χ0v) is 17.1. The number of amides is 1. The van der Waals surface area contributed by atoms with Gasteiger partial charge in [-0.25, -0.2) is 5.43 Å². The lowest BCUT2D eigenvalue weighted by Gasteiger charge is -2.56. The zero-order chi connectivity index (χ0) is 20.0. The van der Waals surface area contributed by atoms with Gasteiger partial charge in [-0.3, -0.25) is 9.89 Å². The highest BCUT2D eigenvalue weighted by atomic mass is 16.5. The monoisotopic (exact) mass is 392 g/mol. The molecule has 2 aromatic rings. The lowest BCUT2D eigenvalue weighted by atomic mass is 9.49. The van der Waals surface area contributed by atoms with Gasteiger partial charge in [0.25, 0.3) is 5.91 Å². The molecule has 6 nitrogen and oxygen atoms in total. The molecule has 4 aliphatic rings. The van der Waals surface area contributed by atoms with E-state index in [9.17, 15) is 4.79 Å². The van der Waals surface area contributed by atoms with Crippen LogP contribution in [0.2, 0.25) is 0 Å². The van der Waals surface area contributed by atoms with E-state index < -0.39 is 0 Å². The van der Waals surface area contributed by atoms with Crippen molar-refractivity contribution in [3.05, 3.63) is 47.3 Å². The van der Waals surface area contributed by atoms with E-state index in [-0.39, 0.29) is 11.3 Å². The van der Waals surface area contributed by atoms with Crippen LogP contribution in [0.3, 0.4) is 0 Å². The van der Waals surface area contributed by atoms with Crippen LogP contribution in [0.25, 0.3) is 0 Å². The number of carbonyl (C=O) groups is 1. The summed E-state index contributed by atoms with van der Waals surface area (Å²) >= 11 is 0. The second-order valence-corrected chi connectivity index (χ2v) is 9.23. The molecule has 4 fully saturated rings. The van der Waals surface area contributed by atoms with Gasteiger partial charge in [-0.15, -0.1) is 0 Å². The Kier molecular flexibility index (Phi) is 4.45. The van der Waals surface area contributed by atoms with Gasteiger partial charge >= 0.3 is 0 Å². The third kappa shape index (κ3) is 3.34. The van der Waals surface area contributed by atoms with E-state index in [0.29, 0.717) is 5.69 Å². The van der Waals surface area contributed by atoms with E-state index in [2.05, 4.69) is 20.7 Å². The first-order chi connectivity index (χ1) is 14.0. The molecule has 6 heteroatoms. The van der Waals surface area contributed by atoms with Gasteiger partial charge in [0, 0.05) is 11.1 Å². The highest BCUT2D eigenvalue weighted by Gasteiger charge is 2.52. The molecule has 4 aliphatic carbocycles. The van der Waals surface area contributed by atoms with Crippen LogP contribution in [0.1, 0.15) is 67.2 Å². The molecule has 0 spiro atoms. The van der Waals surface area contributed by atoms with Crippen LogP contribution >= 0.6 is 0 Å². The normalized spacial score (nSPS) is 30.4. The van der Waals surface area contributed by atoms with E-state index in [1.54, 1.807) is 7.11 Å². The highest BCUT2D eigenvalue weighted by Crippen LogP contribution is 2.60. The number of hydrazone groups is 1. The number of benzene rings is 1. The molecule has 4 bridgehead atoms. The number of ether oxygens (including phenoxy) is 1. The minimum Gasteiger partial charge on any atom is -0.497 e. The van der Waals surface area contributed by atoms with Gasteiger partial charge in [0.1, 0.15) is 5.75 Å². The van der Waals surface area contributed by atoms with E-state index in [0.717, 1.165) is 40.5 Å². The van der Waals surface area contributed by atoms with Crippen LogP contribution in [-0.4, -0.2) is 28.9 Å². The molecular weight excluding hydrogens is 364 g/mol. The van der Waals surface area contributed by atoms with Crippen molar-refractivity contribution < 1.29 is 9.53 Å². The van der Waals surface area contributed by atoms with Crippen LogP contribution in [-0.2, 0) is 5.41 Å². The van der Waals surface area contributed by atoms with Gasteiger partial charge in [0.05, 0.1) is 12.8 Å². The lowest BCUT2D eigenvalue weighted by molar-refractivity contribution is -0.00721. The van der Waals surface area contributed by atoms with Crippen molar-refractivity contribution in [2.75, 3.05) is 7.11 Å². The molecule has 4 saturated carbocycles. The van der Waals surface area contributed by atoms with Gasteiger partial charge in [0.15, 0.2) is 5.69 Å². The molecule has 1 amide bonds. The average Bonchev–Trinajstić information content (AvgIpc) is 3.22. The Morgan fingerprint density at radius 3 is 2.34 bits per heavy atom. The molecule has 0 aliphatic heterocycles. The molecule has 6 rings (SSSR count). The third-order valence-corrected chi connectivity index (χ3v) is 7.25. The number of aromatic amines is 1. The number of H-pyrrole nitrogens is 1. The van der Waals surface area contributed by atoms with E-state index in [1.807, 2.05) is 37.3 Å². The Morgan fingerprint density at radius 1 is 1.14 bits per heavy atom. The fourth-order valence-electron chi connectivity index (χ4n) is 6.24.